The molecule has 140 valence electrons. The van der Waals surface area contributed by atoms with E-state index in [1.807, 2.05) is 24.3 Å². The predicted molar refractivity (Wildman–Crippen MR) is 112 cm³/mol. The molecule has 0 heterocycles. The Morgan fingerprint density at radius 1 is 0.846 bits per heavy atom. The first kappa shape index (κ1) is 19.7. The maximum Gasteiger partial charge on any atom is 0.0406 e. The summed E-state index contributed by atoms with van der Waals surface area (Å²) < 4.78 is 0. The van der Waals surface area contributed by atoms with E-state index in [1.165, 1.54) is 36.8 Å². The van der Waals surface area contributed by atoms with Crippen molar-refractivity contribution in [3.8, 4) is 0 Å². The molecule has 2 aromatic rings. The van der Waals surface area contributed by atoms with Crippen LogP contribution in [0, 0.1) is 11.8 Å². The van der Waals surface area contributed by atoms with E-state index in [0.717, 1.165) is 41.4 Å². The van der Waals surface area contributed by atoms with Gasteiger partial charge in [0.05, 0.1) is 0 Å². The monoisotopic (exact) mass is 390 g/mol. The van der Waals surface area contributed by atoms with Crippen LogP contribution in [0.5, 0.6) is 0 Å². The molecule has 3 rings (SSSR count). The Morgan fingerprint density at radius 2 is 1.38 bits per heavy atom. The Morgan fingerprint density at radius 3 is 1.96 bits per heavy atom. The second-order valence-corrected chi connectivity index (χ2v) is 8.34. The van der Waals surface area contributed by atoms with Crippen LogP contribution in [0.2, 0.25) is 10.0 Å². The van der Waals surface area contributed by atoms with E-state index in [2.05, 4.69) is 29.6 Å². The molecule has 1 unspecified atom stereocenters. The fourth-order valence-corrected chi connectivity index (χ4v) is 4.09. The highest BCUT2D eigenvalue weighted by atomic mass is 35.5. The van der Waals surface area contributed by atoms with Crippen LogP contribution >= 0.6 is 23.2 Å². The fraction of sp³-hybridized carbons (Fsp3) is 0.455. The molecule has 0 radical (unpaired) electrons. The molecule has 4 heteroatoms. The molecule has 0 bridgehead atoms. The first-order chi connectivity index (χ1) is 12.6. The first-order valence-corrected chi connectivity index (χ1v) is 10.3. The van der Waals surface area contributed by atoms with Crippen LogP contribution in [0.15, 0.2) is 48.5 Å². The smallest absolute Gasteiger partial charge is 0.0406 e. The number of nitrogens with one attached hydrogen (secondary N) is 1. The molecule has 0 saturated heterocycles. The Balaban J connectivity index is 1.64. The fourth-order valence-electron chi connectivity index (χ4n) is 3.84. The molecule has 1 atom stereocenters. The number of hydrogen-bond donors (Lipinski definition) is 2. The highest BCUT2D eigenvalue weighted by molar-refractivity contribution is 6.30. The molecule has 0 amide bonds. The van der Waals surface area contributed by atoms with Crippen LogP contribution < -0.4 is 11.1 Å². The lowest BCUT2D eigenvalue weighted by Gasteiger charge is -2.29. The van der Waals surface area contributed by atoms with Crippen molar-refractivity contribution >= 4 is 23.2 Å². The van der Waals surface area contributed by atoms with Crippen molar-refractivity contribution in [1.29, 1.82) is 0 Å². The molecule has 1 aliphatic rings. The Labute approximate surface area is 167 Å². The van der Waals surface area contributed by atoms with Crippen molar-refractivity contribution < 1.29 is 0 Å². The minimum absolute atomic E-state index is 0.278. The summed E-state index contributed by atoms with van der Waals surface area (Å²) in [5.41, 5.74) is 8.38. The molecular weight excluding hydrogens is 363 g/mol. The summed E-state index contributed by atoms with van der Waals surface area (Å²) in [4.78, 5) is 0. The largest absolute Gasteiger partial charge is 0.330 e. The summed E-state index contributed by atoms with van der Waals surface area (Å²) in [5.74, 6) is 1.48. The SMILES string of the molecule is NCC1CCC(CNC(Cc2ccc(Cl)cc2)c2ccc(Cl)cc2)CC1. The van der Waals surface area contributed by atoms with Crippen LogP contribution in [-0.2, 0) is 6.42 Å². The van der Waals surface area contributed by atoms with Crippen molar-refractivity contribution in [2.75, 3.05) is 13.1 Å². The van der Waals surface area contributed by atoms with Crippen molar-refractivity contribution in [1.82, 2.24) is 5.32 Å². The summed E-state index contributed by atoms with van der Waals surface area (Å²) >= 11 is 12.1. The van der Waals surface area contributed by atoms with E-state index in [0.29, 0.717) is 0 Å². The maximum atomic E-state index is 6.07. The number of halogens is 2. The normalized spacial score (nSPS) is 21.5. The lowest BCUT2D eigenvalue weighted by Crippen LogP contribution is -2.32. The van der Waals surface area contributed by atoms with Crippen molar-refractivity contribution in [3.63, 3.8) is 0 Å². The predicted octanol–water partition coefficient (Wildman–Crippen LogP) is 5.63. The highest BCUT2D eigenvalue weighted by Crippen LogP contribution is 2.29. The Hall–Kier alpha value is -1.06. The summed E-state index contributed by atoms with van der Waals surface area (Å²) in [6.45, 7) is 1.89. The molecular formula is C22H28Cl2N2. The van der Waals surface area contributed by atoms with E-state index in [1.54, 1.807) is 0 Å². The molecule has 2 nitrogen and oxygen atoms in total. The van der Waals surface area contributed by atoms with Gasteiger partial charge in [-0.05, 0) is 92.4 Å². The average molecular weight is 391 g/mol. The first-order valence-electron chi connectivity index (χ1n) is 9.57. The van der Waals surface area contributed by atoms with Crippen molar-refractivity contribution in [3.05, 3.63) is 69.7 Å². The number of benzene rings is 2. The third-order valence-electron chi connectivity index (χ3n) is 5.58. The second-order valence-electron chi connectivity index (χ2n) is 7.47. The Bertz CT molecular complexity index is 662. The van der Waals surface area contributed by atoms with Gasteiger partial charge in [-0.2, -0.15) is 0 Å². The third kappa shape index (κ3) is 5.72. The van der Waals surface area contributed by atoms with Crippen molar-refractivity contribution in [2.45, 2.75) is 38.1 Å². The number of rotatable bonds is 7. The van der Waals surface area contributed by atoms with Gasteiger partial charge in [0.1, 0.15) is 0 Å². The van der Waals surface area contributed by atoms with Crippen LogP contribution in [0.1, 0.15) is 42.9 Å². The molecule has 2 aromatic carbocycles. The maximum absolute atomic E-state index is 6.07. The standard InChI is InChI=1S/C22H28Cl2N2/c23-20-9-5-16(6-10-20)13-22(19-7-11-21(24)12-8-19)26-15-18-3-1-17(14-25)2-4-18/h5-12,17-18,22,26H,1-4,13-15,25H2. The van der Waals surface area contributed by atoms with Gasteiger partial charge >= 0.3 is 0 Å². The average Bonchev–Trinajstić information content (AvgIpc) is 2.68. The Kier molecular flexibility index (Phi) is 7.39. The molecule has 1 fully saturated rings. The van der Waals surface area contributed by atoms with Gasteiger partial charge in [0.15, 0.2) is 0 Å². The molecule has 26 heavy (non-hydrogen) atoms. The topological polar surface area (TPSA) is 38.0 Å². The minimum atomic E-state index is 0.278. The molecule has 1 aliphatic carbocycles. The van der Waals surface area contributed by atoms with Gasteiger partial charge in [-0.1, -0.05) is 47.5 Å². The van der Waals surface area contributed by atoms with Crippen molar-refractivity contribution in [2.24, 2.45) is 17.6 Å². The lowest BCUT2D eigenvalue weighted by molar-refractivity contribution is 0.265. The third-order valence-corrected chi connectivity index (χ3v) is 6.08. The van der Waals surface area contributed by atoms with Crippen LogP contribution in [0.3, 0.4) is 0 Å². The van der Waals surface area contributed by atoms with E-state index in [4.69, 9.17) is 28.9 Å². The van der Waals surface area contributed by atoms with Crippen LogP contribution in [0.25, 0.3) is 0 Å². The number of nitrogens with two attached hydrogens (primary N) is 1. The van der Waals surface area contributed by atoms with Gasteiger partial charge in [-0.3, -0.25) is 0 Å². The van der Waals surface area contributed by atoms with E-state index in [9.17, 15) is 0 Å². The van der Waals surface area contributed by atoms with Gasteiger partial charge in [-0.25, -0.2) is 0 Å². The zero-order chi connectivity index (χ0) is 18.4. The molecule has 3 N–H and O–H groups in total. The van der Waals surface area contributed by atoms with Crippen LogP contribution in [0.4, 0.5) is 0 Å². The summed E-state index contributed by atoms with van der Waals surface area (Å²) in [7, 11) is 0. The highest BCUT2D eigenvalue weighted by Gasteiger charge is 2.21. The van der Waals surface area contributed by atoms with E-state index < -0.39 is 0 Å². The van der Waals surface area contributed by atoms with Crippen LogP contribution in [-0.4, -0.2) is 13.1 Å². The lowest BCUT2D eigenvalue weighted by atomic mass is 9.82. The summed E-state index contributed by atoms with van der Waals surface area (Å²) in [6.07, 6.45) is 6.04. The summed E-state index contributed by atoms with van der Waals surface area (Å²) in [5, 5.41) is 5.37. The zero-order valence-corrected chi connectivity index (χ0v) is 16.6. The molecule has 1 saturated carbocycles. The molecule has 0 aliphatic heterocycles. The van der Waals surface area contributed by atoms with Gasteiger partial charge in [-0.15, -0.1) is 0 Å². The molecule has 0 spiro atoms. The van der Waals surface area contributed by atoms with Gasteiger partial charge in [0, 0.05) is 16.1 Å². The quantitative estimate of drug-likeness (QED) is 0.642. The van der Waals surface area contributed by atoms with Gasteiger partial charge in [0.25, 0.3) is 0 Å². The number of hydrogen-bond acceptors (Lipinski definition) is 2. The van der Waals surface area contributed by atoms with E-state index in [-0.39, 0.29) is 6.04 Å². The minimum Gasteiger partial charge on any atom is -0.330 e. The van der Waals surface area contributed by atoms with Gasteiger partial charge in [0.2, 0.25) is 0 Å². The van der Waals surface area contributed by atoms with E-state index >= 15 is 0 Å². The van der Waals surface area contributed by atoms with Gasteiger partial charge < -0.3 is 11.1 Å². The summed E-state index contributed by atoms with van der Waals surface area (Å²) in [6, 6.07) is 16.6. The zero-order valence-electron chi connectivity index (χ0n) is 15.1. The second kappa shape index (κ2) is 9.75. The molecule has 0 aromatic heterocycles.